The molecule has 1 heterocycles. The van der Waals surface area contributed by atoms with Crippen LogP contribution in [0.25, 0.3) is 0 Å². The quantitative estimate of drug-likeness (QED) is 0.575. The first kappa shape index (κ1) is 9.60. The molecular formula is C9H9ClOS. The number of hydrogen-bond acceptors (Lipinski definition) is 2. The summed E-state index contributed by atoms with van der Waals surface area (Å²) in [6.07, 6.45) is 1.46. The molecule has 3 heteroatoms. The summed E-state index contributed by atoms with van der Waals surface area (Å²) in [5.74, 6) is 5.90. The van der Waals surface area contributed by atoms with E-state index >= 15 is 0 Å². The number of hydrogen-bond donors (Lipinski definition) is 1. The van der Waals surface area contributed by atoms with Crippen LogP contribution in [0, 0.1) is 11.8 Å². The van der Waals surface area contributed by atoms with Crippen molar-refractivity contribution in [2.24, 2.45) is 0 Å². The third-order valence-electron chi connectivity index (χ3n) is 1.28. The third-order valence-corrected chi connectivity index (χ3v) is 2.54. The first-order chi connectivity index (χ1) is 5.84. The van der Waals surface area contributed by atoms with Gasteiger partial charge in [-0.15, -0.1) is 11.3 Å². The van der Waals surface area contributed by atoms with E-state index in [1.54, 1.807) is 0 Å². The summed E-state index contributed by atoms with van der Waals surface area (Å²) in [5, 5.41) is 11.1. The van der Waals surface area contributed by atoms with Gasteiger partial charge in [-0.3, -0.25) is 0 Å². The maximum absolute atomic E-state index is 8.49. The lowest BCUT2D eigenvalue weighted by Gasteiger charge is -1.84. The van der Waals surface area contributed by atoms with Crippen LogP contribution in [0.5, 0.6) is 0 Å². The molecular weight excluding hydrogens is 192 g/mol. The molecule has 0 fully saturated rings. The van der Waals surface area contributed by atoms with E-state index < -0.39 is 0 Å². The molecule has 0 amide bonds. The highest BCUT2D eigenvalue weighted by Gasteiger charge is 1.94. The van der Waals surface area contributed by atoms with Crippen LogP contribution in [0.4, 0.5) is 0 Å². The molecule has 0 atom stereocenters. The van der Waals surface area contributed by atoms with E-state index in [0.717, 1.165) is 22.7 Å². The fourth-order valence-corrected chi connectivity index (χ4v) is 1.66. The van der Waals surface area contributed by atoms with E-state index in [4.69, 9.17) is 16.7 Å². The van der Waals surface area contributed by atoms with E-state index in [9.17, 15) is 0 Å². The number of unbranched alkanes of at least 4 members (excludes halogenated alkanes) is 1. The van der Waals surface area contributed by atoms with Crippen LogP contribution in [0.2, 0.25) is 5.02 Å². The number of aliphatic hydroxyl groups is 1. The largest absolute Gasteiger partial charge is 0.396 e. The molecule has 1 aromatic heterocycles. The molecule has 0 aliphatic rings. The molecule has 0 spiro atoms. The molecule has 0 radical (unpaired) electrons. The van der Waals surface area contributed by atoms with E-state index in [1.807, 2.05) is 11.4 Å². The van der Waals surface area contributed by atoms with Crippen molar-refractivity contribution >= 4 is 22.9 Å². The van der Waals surface area contributed by atoms with Crippen molar-refractivity contribution in [1.29, 1.82) is 0 Å². The Hall–Kier alpha value is -0.490. The van der Waals surface area contributed by atoms with Crippen LogP contribution in [0.1, 0.15) is 17.7 Å². The minimum Gasteiger partial charge on any atom is -0.396 e. The van der Waals surface area contributed by atoms with Crippen molar-refractivity contribution < 1.29 is 5.11 Å². The number of thiophene rings is 1. The second kappa shape index (κ2) is 5.21. The van der Waals surface area contributed by atoms with Gasteiger partial charge < -0.3 is 5.11 Å². The Morgan fingerprint density at radius 1 is 1.58 bits per heavy atom. The molecule has 1 nitrogen and oxygen atoms in total. The van der Waals surface area contributed by atoms with Gasteiger partial charge in [0.05, 0.1) is 9.90 Å². The highest BCUT2D eigenvalue weighted by molar-refractivity contribution is 7.11. The van der Waals surface area contributed by atoms with Crippen LogP contribution in [-0.4, -0.2) is 11.7 Å². The maximum atomic E-state index is 8.49. The summed E-state index contributed by atoms with van der Waals surface area (Å²) in [6.45, 7) is 0.201. The van der Waals surface area contributed by atoms with Crippen molar-refractivity contribution in [3.63, 3.8) is 0 Å². The Morgan fingerprint density at radius 3 is 3.00 bits per heavy atom. The Morgan fingerprint density at radius 2 is 2.42 bits per heavy atom. The van der Waals surface area contributed by atoms with Gasteiger partial charge in [0.25, 0.3) is 0 Å². The summed E-state index contributed by atoms with van der Waals surface area (Å²) >= 11 is 7.35. The Balaban J connectivity index is 2.49. The van der Waals surface area contributed by atoms with E-state index in [0.29, 0.717) is 0 Å². The molecule has 0 unspecified atom stereocenters. The molecule has 0 saturated carbocycles. The smallest absolute Gasteiger partial charge is 0.0954 e. The summed E-state index contributed by atoms with van der Waals surface area (Å²) in [5.41, 5.74) is 0. The summed E-state index contributed by atoms with van der Waals surface area (Å²) < 4.78 is 0. The molecule has 1 N–H and O–H groups in total. The van der Waals surface area contributed by atoms with Crippen molar-refractivity contribution in [1.82, 2.24) is 0 Å². The average molecular weight is 201 g/mol. The van der Waals surface area contributed by atoms with E-state index in [2.05, 4.69) is 11.8 Å². The number of halogens is 1. The molecule has 0 bridgehead atoms. The van der Waals surface area contributed by atoms with Crippen LogP contribution in [-0.2, 0) is 0 Å². The van der Waals surface area contributed by atoms with Crippen molar-refractivity contribution in [3.8, 4) is 11.8 Å². The van der Waals surface area contributed by atoms with Gasteiger partial charge in [0.2, 0.25) is 0 Å². The van der Waals surface area contributed by atoms with Crippen molar-refractivity contribution in [3.05, 3.63) is 21.3 Å². The highest BCUT2D eigenvalue weighted by atomic mass is 35.5. The first-order valence-corrected chi connectivity index (χ1v) is 4.93. The Kier molecular flexibility index (Phi) is 4.16. The van der Waals surface area contributed by atoms with Crippen LogP contribution >= 0.6 is 22.9 Å². The van der Waals surface area contributed by atoms with Crippen LogP contribution in [0.3, 0.4) is 0 Å². The molecule has 1 rings (SSSR count). The number of aliphatic hydroxyl groups excluding tert-OH is 1. The zero-order chi connectivity index (χ0) is 8.81. The fraction of sp³-hybridized carbons (Fsp3) is 0.333. The van der Waals surface area contributed by atoms with Gasteiger partial charge in [-0.25, -0.2) is 0 Å². The summed E-state index contributed by atoms with van der Waals surface area (Å²) in [4.78, 5) is 0.912. The lowest BCUT2D eigenvalue weighted by atomic mass is 10.3. The topological polar surface area (TPSA) is 20.2 Å². The third kappa shape index (κ3) is 2.86. The molecule has 0 aliphatic heterocycles. The zero-order valence-electron chi connectivity index (χ0n) is 6.51. The Bertz CT molecular complexity index is 295. The normalized spacial score (nSPS) is 9.17. The second-order valence-electron chi connectivity index (χ2n) is 2.23. The molecule has 0 saturated heterocycles. The number of rotatable bonds is 2. The average Bonchev–Trinajstić information content (AvgIpc) is 2.46. The molecule has 0 aliphatic carbocycles. The maximum Gasteiger partial charge on any atom is 0.0954 e. The Labute approximate surface area is 81.0 Å². The standard InChI is InChI=1S/C9H9ClOS/c10-8-5-7-12-9(8)4-2-1-3-6-11/h5,7,11H,1,3,6H2. The van der Waals surface area contributed by atoms with E-state index in [-0.39, 0.29) is 6.61 Å². The molecule has 64 valence electrons. The van der Waals surface area contributed by atoms with E-state index in [1.165, 1.54) is 11.3 Å². The van der Waals surface area contributed by atoms with Gasteiger partial charge >= 0.3 is 0 Å². The molecule has 0 aromatic carbocycles. The predicted molar refractivity (Wildman–Crippen MR) is 52.5 cm³/mol. The van der Waals surface area contributed by atoms with Gasteiger partial charge in [0.1, 0.15) is 0 Å². The van der Waals surface area contributed by atoms with Crippen molar-refractivity contribution in [2.45, 2.75) is 12.8 Å². The first-order valence-electron chi connectivity index (χ1n) is 3.67. The molecule has 1 aromatic rings. The second-order valence-corrected chi connectivity index (χ2v) is 3.55. The van der Waals surface area contributed by atoms with Gasteiger partial charge in [0, 0.05) is 13.0 Å². The zero-order valence-corrected chi connectivity index (χ0v) is 8.08. The van der Waals surface area contributed by atoms with Gasteiger partial charge in [-0.1, -0.05) is 23.4 Å². The molecule has 12 heavy (non-hydrogen) atoms. The minimum atomic E-state index is 0.201. The minimum absolute atomic E-state index is 0.201. The van der Waals surface area contributed by atoms with Gasteiger partial charge in [-0.2, -0.15) is 0 Å². The van der Waals surface area contributed by atoms with Crippen LogP contribution < -0.4 is 0 Å². The van der Waals surface area contributed by atoms with Gasteiger partial charge in [-0.05, 0) is 17.9 Å². The monoisotopic (exact) mass is 200 g/mol. The van der Waals surface area contributed by atoms with Crippen molar-refractivity contribution in [2.75, 3.05) is 6.61 Å². The van der Waals surface area contributed by atoms with Crippen LogP contribution in [0.15, 0.2) is 11.4 Å². The van der Waals surface area contributed by atoms with Gasteiger partial charge in [0.15, 0.2) is 0 Å². The lowest BCUT2D eigenvalue weighted by molar-refractivity contribution is 0.290. The SMILES string of the molecule is OCCCC#Cc1sccc1Cl. The lowest BCUT2D eigenvalue weighted by Crippen LogP contribution is -1.78. The predicted octanol–water partition coefficient (Wildman–Crippen LogP) is 2.53. The highest BCUT2D eigenvalue weighted by Crippen LogP contribution is 2.20. The summed E-state index contributed by atoms with van der Waals surface area (Å²) in [7, 11) is 0. The fourth-order valence-electron chi connectivity index (χ4n) is 0.693. The summed E-state index contributed by atoms with van der Waals surface area (Å²) in [6, 6.07) is 1.84.